The second kappa shape index (κ2) is 17.6. The maximum atomic E-state index is 15.2. The number of carbonyl (C=O) groups excluding carboxylic acids is 1. The van der Waals surface area contributed by atoms with Gasteiger partial charge < -0.3 is 15.0 Å². The SMILES string of the molecule is CCOC(=O)CCCN[C@@H](Cn1c(=O)c(N2CCN(Cc3cccc([N+](=O)[O-])c3)CC2)c(C)n(Cc2c(F)cccc2C(F)(F)F)c1=O)c1ccccc1. The molecule has 1 atom stereocenters. The number of hydrogen-bond donors (Lipinski definition) is 1. The summed E-state index contributed by atoms with van der Waals surface area (Å²) in [7, 11) is 0. The van der Waals surface area contributed by atoms with Crippen LogP contribution in [0.3, 0.4) is 0 Å². The van der Waals surface area contributed by atoms with Gasteiger partial charge in [0.15, 0.2) is 0 Å². The average Bonchev–Trinajstić information content (AvgIpc) is 3.14. The van der Waals surface area contributed by atoms with E-state index < -0.39 is 51.9 Å². The van der Waals surface area contributed by atoms with Crippen LogP contribution in [0.15, 0.2) is 82.4 Å². The molecule has 1 aliphatic heterocycles. The molecule has 1 aliphatic rings. The van der Waals surface area contributed by atoms with Crippen LogP contribution in [0.1, 0.15) is 53.8 Å². The van der Waals surface area contributed by atoms with Crippen LogP contribution >= 0.6 is 0 Å². The standard InChI is InChI=1S/C38H42F4N6O6/c1-3-54-34(49)16-9-17-43-33(28-11-5-4-6-12-28)25-47-36(50)35(45-20-18-44(19-21-45)23-27-10-7-13-29(22-27)48(52)53)26(2)46(37(47)51)24-30-31(38(40,41)42)14-8-15-32(30)39/h4-8,10-15,22,33,43H,3,9,16-21,23-25H2,1-2H3/t33-/m0/s1. The van der Waals surface area contributed by atoms with Gasteiger partial charge in [-0.1, -0.05) is 48.5 Å². The van der Waals surface area contributed by atoms with Crippen molar-refractivity contribution in [1.82, 2.24) is 19.4 Å². The summed E-state index contributed by atoms with van der Waals surface area (Å²) in [5, 5.41) is 14.6. The molecule has 2 heterocycles. The summed E-state index contributed by atoms with van der Waals surface area (Å²) in [6.07, 6.45) is -4.37. The molecular weight excluding hydrogens is 712 g/mol. The van der Waals surface area contributed by atoms with E-state index in [0.717, 1.165) is 38.5 Å². The van der Waals surface area contributed by atoms with Crippen LogP contribution in [0.5, 0.6) is 0 Å². The summed E-state index contributed by atoms with van der Waals surface area (Å²) in [5.74, 6) is -1.51. The van der Waals surface area contributed by atoms with Gasteiger partial charge in [-0.05, 0) is 50.1 Å². The van der Waals surface area contributed by atoms with E-state index in [0.29, 0.717) is 45.7 Å². The summed E-state index contributed by atoms with van der Waals surface area (Å²) in [6.45, 7) is 4.60. The number of nitrogens with zero attached hydrogens (tertiary/aromatic N) is 5. The Balaban J connectivity index is 1.52. The van der Waals surface area contributed by atoms with Gasteiger partial charge in [0.25, 0.3) is 11.2 Å². The van der Waals surface area contributed by atoms with Gasteiger partial charge in [-0.2, -0.15) is 13.2 Å². The molecule has 0 radical (unpaired) electrons. The number of aromatic nitrogens is 2. The number of nitro benzene ring substituents is 1. The zero-order valence-electron chi connectivity index (χ0n) is 30.0. The van der Waals surface area contributed by atoms with Crippen LogP contribution < -0.4 is 21.5 Å². The third-order valence-electron chi connectivity index (χ3n) is 9.43. The number of non-ortho nitro benzene ring substituents is 1. The number of esters is 1. The molecule has 4 aromatic rings. The maximum absolute atomic E-state index is 15.2. The second-order valence-corrected chi connectivity index (χ2v) is 13.0. The Morgan fingerprint density at radius 2 is 1.67 bits per heavy atom. The first-order chi connectivity index (χ1) is 25.8. The van der Waals surface area contributed by atoms with Crippen molar-refractivity contribution in [2.75, 3.05) is 44.2 Å². The largest absolute Gasteiger partial charge is 0.466 e. The van der Waals surface area contributed by atoms with E-state index in [1.54, 1.807) is 54.3 Å². The van der Waals surface area contributed by atoms with Crippen LogP contribution in [0, 0.1) is 22.9 Å². The Bertz CT molecular complexity index is 2060. The number of halogens is 4. The minimum atomic E-state index is -4.91. The first kappa shape index (κ1) is 39.8. The molecule has 0 unspecified atom stereocenters. The third-order valence-corrected chi connectivity index (χ3v) is 9.43. The molecular formula is C38H42F4N6O6. The lowest BCUT2D eigenvalue weighted by molar-refractivity contribution is -0.384. The zero-order valence-corrected chi connectivity index (χ0v) is 30.0. The molecule has 1 saturated heterocycles. The van der Waals surface area contributed by atoms with Gasteiger partial charge in [0.2, 0.25) is 0 Å². The van der Waals surface area contributed by atoms with Crippen LogP contribution in [-0.4, -0.2) is 64.3 Å². The van der Waals surface area contributed by atoms with Gasteiger partial charge in [-0.25, -0.2) is 9.18 Å². The lowest BCUT2D eigenvalue weighted by Gasteiger charge is -2.37. The van der Waals surface area contributed by atoms with Crippen molar-refractivity contribution in [2.45, 2.75) is 58.5 Å². The van der Waals surface area contributed by atoms with E-state index in [9.17, 15) is 37.7 Å². The Morgan fingerprint density at radius 3 is 2.33 bits per heavy atom. The third kappa shape index (κ3) is 9.60. The lowest BCUT2D eigenvalue weighted by Crippen LogP contribution is -2.51. The summed E-state index contributed by atoms with van der Waals surface area (Å²) in [4.78, 5) is 55.3. The minimum Gasteiger partial charge on any atom is -0.466 e. The normalized spacial score (nSPS) is 14.2. The molecule has 54 heavy (non-hydrogen) atoms. The number of carbonyl (C=O) groups is 1. The average molecular weight is 755 g/mol. The maximum Gasteiger partial charge on any atom is 0.416 e. The van der Waals surface area contributed by atoms with Gasteiger partial charge in [-0.3, -0.25) is 33.7 Å². The van der Waals surface area contributed by atoms with E-state index in [-0.39, 0.29) is 42.6 Å². The van der Waals surface area contributed by atoms with Gasteiger partial charge in [0, 0.05) is 62.5 Å². The summed E-state index contributed by atoms with van der Waals surface area (Å²) in [5.41, 5.74) is -1.91. The van der Waals surface area contributed by atoms with Crippen molar-refractivity contribution in [2.24, 2.45) is 0 Å². The van der Waals surface area contributed by atoms with E-state index >= 15 is 4.39 Å². The highest BCUT2D eigenvalue weighted by Gasteiger charge is 2.35. The summed E-state index contributed by atoms with van der Waals surface area (Å²) >= 11 is 0. The van der Waals surface area contributed by atoms with Crippen molar-refractivity contribution in [1.29, 1.82) is 0 Å². The fraction of sp³-hybridized carbons (Fsp3) is 0.395. The minimum absolute atomic E-state index is 0.0320. The molecule has 1 aromatic heterocycles. The first-order valence-electron chi connectivity index (χ1n) is 17.6. The van der Waals surface area contributed by atoms with Crippen molar-refractivity contribution < 1.29 is 32.0 Å². The molecule has 16 heteroatoms. The van der Waals surface area contributed by atoms with Gasteiger partial charge in [0.1, 0.15) is 11.5 Å². The van der Waals surface area contributed by atoms with E-state index in [1.165, 1.54) is 19.1 Å². The zero-order chi connectivity index (χ0) is 39.0. The first-order valence-corrected chi connectivity index (χ1v) is 17.6. The molecule has 1 fully saturated rings. The van der Waals surface area contributed by atoms with Crippen LogP contribution in [0.25, 0.3) is 0 Å². The smallest absolute Gasteiger partial charge is 0.416 e. The molecule has 5 rings (SSSR count). The van der Waals surface area contributed by atoms with Gasteiger partial charge in [-0.15, -0.1) is 0 Å². The van der Waals surface area contributed by atoms with Gasteiger partial charge >= 0.3 is 17.8 Å². The number of ether oxygens (including phenoxy) is 1. The highest BCUT2D eigenvalue weighted by atomic mass is 19.4. The number of hydrogen-bond acceptors (Lipinski definition) is 9. The number of nitrogens with one attached hydrogen (secondary N) is 1. The van der Waals surface area contributed by atoms with E-state index in [1.807, 2.05) is 0 Å². The number of rotatable bonds is 15. The van der Waals surface area contributed by atoms with E-state index in [2.05, 4.69) is 10.2 Å². The Kier molecular flexibility index (Phi) is 13.0. The van der Waals surface area contributed by atoms with Crippen molar-refractivity contribution in [3.8, 4) is 0 Å². The number of benzene rings is 3. The molecule has 12 nitrogen and oxygen atoms in total. The molecule has 0 saturated carbocycles. The summed E-state index contributed by atoms with van der Waals surface area (Å²) < 4.78 is 64.5. The van der Waals surface area contributed by atoms with Crippen molar-refractivity contribution >= 4 is 17.3 Å². The van der Waals surface area contributed by atoms with Gasteiger partial charge in [0.05, 0.1) is 36.2 Å². The van der Waals surface area contributed by atoms with Crippen LogP contribution in [0.4, 0.5) is 28.9 Å². The number of anilines is 1. The predicted octanol–water partition coefficient (Wildman–Crippen LogP) is 5.43. The highest BCUT2D eigenvalue weighted by Crippen LogP contribution is 2.34. The quantitative estimate of drug-likeness (QED) is 0.0555. The Hall–Kier alpha value is -5.35. The van der Waals surface area contributed by atoms with Crippen molar-refractivity contribution in [3.05, 3.63) is 138 Å². The lowest BCUT2D eigenvalue weighted by atomic mass is 10.1. The molecule has 0 aliphatic carbocycles. The molecule has 288 valence electrons. The second-order valence-electron chi connectivity index (χ2n) is 13.0. The molecule has 0 bridgehead atoms. The highest BCUT2D eigenvalue weighted by molar-refractivity contribution is 5.69. The topological polar surface area (TPSA) is 132 Å². The van der Waals surface area contributed by atoms with Crippen LogP contribution in [0.2, 0.25) is 0 Å². The molecule has 1 N–H and O–H groups in total. The fourth-order valence-corrected chi connectivity index (χ4v) is 6.69. The molecule has 0 spiro atoms. The monoisotopic (exact) mass is 754 g/mol. The predicted molar refractivity (Wildman–Crippen MR) is 194 cm³/mol. The summed E-state index contributed by atoms with van der Waals surface area (Å²) in [6, 6.07) is 17.2. The van der Waals surface area contributed by atoms with Crippen LogP contribution in [-0.2, 0) is 35.3 Å². The number of nitro groups is 1. The van der Waals surface area contributed by atoms with E-state index in [4.69, 9.17) is 4.74 Å². The molecule has 0 amide bonds. The number of piperazine rings is 1. The molecule has 3 aromatic carbocycles. The fourth-order valence-electron chi connectivity index (χ4n) is 6.69. The number of alkyl halides is 3. The Morgan fingerprint density at radius 1 is 0.963 bits per heavy atom. The van der Waals surface area contributed by atoms with Crippen molar-refractivity contribution in [3.63, 3.8) is 0 Å². The Labute approximate surface area is 308 Å².